The minimum absolute atomic E-state index is 0.126. The number of hydrogen-bond donors (Lipinski definition) is 1. The molecule has 1 aliphatic rings. The molecule has 0 aliphatic carbocycles. The number of alkyl carbamates (subject to hydrolysis) is 1. The summed E-state index contributed by atoms with van der Waals surface area (Å²) in [4.78, 5) is 49.8. The van der Waals surface area contributed by atoms with Gasteiger partial charge in [0, 0.05) is 44.6 Å². The summed E-state index contributed by atoms with van der Waals surface area (Å²) in [5, 5.41) is 3.34. The first-order valence-corrected chi connectivity index (χ1v) is 11.4. The monoisotopic (exact) mass is 489 g/mol. The van der Waals surface area contributed by atoms with Crippen LogP contribution in [0.1, 0.15) is 37.7 Å². The van der Waals surface area contributed by atoms with Crippen LogP contribution in [0.4, 0.5) is 9.59 Å². The molecule has 0 radical (unpaired) electrons. The van der Waals surface area contributed by atoms with Crippen molar-refractivity contribution >= 4 is 35.0 Å². The third kappa shape index (κ3) is 6.30. The SMILES string of the molecule is COC(=O)C(CCOCCNC(=O)OC1CCCN1C(C)=O)c1cn(C(=O)OC)c2ccccc12. The molecule has 1 fully saturated rings. The number of ether oxygens (including phenoxy) is 4. The molecule has 1 aromatic heterocycles. The van der Waals surface area contributed by atoms with Gasteiger partial charge in [-0.15, -0.1) is 0 Å². The fourth-order valence-electron chi connectivity index (χ4n) is 4.19. The molecule has 35 heavy (non-hydrogen) atoms. The Morgan fingerprint density at radius 3 is 2.60 bits per heavy atom. The minimum Gasteiger partial charge on any atom is -0.469 e. The Kier molecular flexibility index (Phi) is 9.07. The number of nitrogens with zero attached hydrogens (tertiary/aromatic N) is 2. The van der Waals surface area contributed by atoms with E-state index < -0.39 is 30.3 Å². The summed E-state index contributed by atoms with van der Waals surface area (Å²) in [6.07, 6.45) is 1.58. The number of carbonyl (C=O) groups is 4. The maximum Gasteiger partial charge on any atom is 0.418 e. The molecule has 0 saturated carbocycles. The first-order chi connectivity index (χ1) is 16.9. The van der Waals surface area contributed by atoms with Gasteiger partial charge in [0.15, 0.2) is 6.23 Å². The number of benzene rings is 1. The number of rotatable bonds is 9. The molecule has 2 unspecified atom stereocenters. The zero-order valence-electron chi connectivity index (χ0n) is 20.2. The molecule has 0 spiro atoms. The number of amides is 2. The van der Waals surface area contributed by atoms with E-state index in [4.69, 9.17) is 18.9 Å². The molecule has 2 amide bonds. The number of esters is 1. The van der Waals surface area contributed by atoms with Crippen molar-refractivity contribution in [1.82, 2.24) is 14.8 Å². The Hall–Kier alpha value is -3.60. The van der Waals surface area contributed by atoms with Gasteiger partial charge in [0.05, 0.1) is 32.3 Å². The molecule has 2 aromatic rings. The quantitative estimate of drug-likeness (QED) is 0.324. The largest absolute Gasteiger partial charge is 0.469 e. The summed E-state index contributed by atoms with van der Waals surface area (Å²) in [6.45, 7) is 2.65. The van der Waals surface area contributed by atoms with Crippen molar-refractivity contribution < 1.29 is 38.1 Å². The topological polar surface area (TPSA) is 125 Å². The normalized spacial score (nSPS) is 16.1. The van der Waals surface area contributed by atoms with Crippen molar-refractivity contribution in [3.8, 4) is 0 Å². The van der Waals surface area contributed by atoms with Crippen molar-refractivity contribution in [2.24, 2.45) is 0 Å². The van der Waals surface area contributed by atoms with E-state index >= 15 is 0 Å². The van der Waals surface area contributed by atoms with Gasteiger partial charge in [-0.1, -0.05) is 18.2 Å². The van der Waals surface area contributed by atoms with Gasteiger partial charge in [-0.25, -0.2) is 9.59 Å². The Balaban J connectivity index is 1.52. The number of likely N-dealkylation sites (tertiary alicyclic amines) is 1. The van der Waals surface area contributed by atoms with Crippen LogP contribution in [0.5, 0.6) is 0 Å². The highest BCUT2D eigenvalue weighted by atomic mass is 16.6. The standard InChI is InChI=1S/C24H31N3O8/c1-16(28)26-12-6-9-21(26)35-23(30)25-11-14-34-13-10-18(22(29)32-2)19-15-27(24(31)33-3)20-8-5-4-7-17(19)20/h4-5,7-8,15,18,21H,6,9-14H2,1-3H3,(H,25,30). The van der Waals surface area contributed by atoms with Gasteiger partial charge >= 0.3 is 18.2 Å². The number of methoxy groups -OCH3 is 2. The van der Waals surface area contributed by atoms with E-state index in [2.05, 4.69) is 5.32 Å². The van der Waals surface area contributed by atoms with E-state index in [1.807, 2.05) is 12.1 Å². The Morgan fingerprint density at radius 1 is 1.11 bits per heavy atom. The van der Waals surface area contributed by atoms with Crippen LogP contribution in [0.3, 0.4) is 0 Å². The van der Waals surface area contributed by atoms with E-state index in [0.717, 1.165) is 11.8 Å². The lowest BCUT2D eigenvalue weighted by Crippen LogP contribution is -2.40. The Morgan fingerprint density at radius 2 is 1.89 bits per heavy atom. The van der Waals surface area contributed by atoms with Crippen molar-refractivity contribution in [3.63, 3.8) is 0 Å². The van der Waals surface area contributed by atoms with Gasteiger partial charge in [0.25, 0.3) is 0 Å². The summed E-state index contributed by atoms with van der Waals surface area (Å²) in [7, 11) is 2.60. The highest BCUT2D eigenvalue weighted by Crippen LogP contribution is 2.31. The average Bonchev–Trinajstić information content (AvgIpc) is 3.47. The third-order valence-corrected chi connectivity index (χ3v) is 5.89. The molecule has 1 N–H and O–H groups in total. The number of fused-ring (bicyclic) bond motifs is 1. The van der Waals surface area contributed by atoms with Crippen LogP contribution < -0.4 is 5.32 Å². The fraction of sp³-hybridized carbons (Fsp3) is 0.500. The van der Waals surface area contributed by atoms with Crippen molar-refractivity contribution in [2.75, 3.05) is 40.5 Å². The first kappa shape index (κ1) is 26.0. The molecule has 2 atom stereocenters. The summed E-state index contributed by atoms with van der Waals surface area (Å²) in [5.74, 6) is -1.23. The third-order valence-electron chi connectivity index (χ3n) is 5.89. The number of nitrogens with one attached hydrogen (secondary N) is 1. The maximum atomic E-state index is 12.5. The van der Waals surface area contributed by atoms with Gasteiger partial charge in [0.1, 0.15) is 0 Å². The maximum absolute atomic E-state index is 12.5. The zero-order valence-corrected chi connectivity index (χ0v) is 20.2. The molecular formula is C24H31N3O8. The van der Waals surface area contributed by atoms with Crippen LogP contribution >= 0.6 is 0 Å². The second-order valence-electron chi connectivity index (χ2n) is 8.06. The van der Waals surface area contributed by atoms with Gasteiger partial charge in [-0.05, 0) is 24.5 Å². The smallest absolute Gasteiger partial charge is 0.418 e. The molecule has 11 nitrogen and oxygen atoms in total. The number of hydrogen-bond acceptors (Lipinski definition) is 8. The number of aromatic nitrogens is 1. The first-order valence-electron chi connectivity index (χ1n) is 11.4. The Bertz CT molecular complexity index is 1070. The van der Waals surface area contributed by atoms with Crippen LogP contribution in [0.15, 0.2) is 30.5 Å². The molecular weight excluding hydrogens is 458 g/mol. The van der Waals surface area contributed by atoms with Gasteiger partial charge in [-0.3, -0.25) is 14.2 Å². The Labute approximate surface area is 203 Å². The molecule has 1 aromatic carbocycles. The lowest BCUT2D eigenvalue weighted by atomic mass is 9.95. The number of carbonyl (C=O) groups excluding carboxylic acids is 4. The highest BCUT2D eigenvalue weighted by Gasteiger charge is 2.30. The molecule has 1 aliphatic heterocycles. The van der Waals surface area contributed by atoms with Crippen LogP contribution in [-0.4, -0.2) is 80.3 Å². The predicted molar refractivity (Wildman–Crippen MR) is 125 cm³/mol. The van der Waals surface area contributed by atoms with Crippen molar-refractivity contribution in [1.29, 1.82) is 0 Å². The van der Waals surface area contributed by atoms with E-state index in [9.17, 15) is 19.2 Å². The van der Waals surface area contributed by atoms with Crippen LogP contribution in [0.2, 0.25) is 0 Å². The lowest BCUT2D eigenvalue weighted by molar-refractivity contribution is -0.143. The molecule has 11 heteroatoms. The van der Waals surface area contributed by atoms with Gasteiger partial charge in [-0.2, -0.15) is 0 Å². The average molecular weight is 490 g/mol. The van der Waals surface area contributed by atoms with Crippen LogP contribution in [-0.2, 0) is 28.5 Å². The van der Waals surface area contributed by atoms with E-state index in [1.54, 1.807) is 18.3 Å². The summed E-state index contributed by atoms with van der Waals surface area (Å²) >= 11 is 0. The number of para-hydroxylation sites is 1. The van der Waals surface area contributed by atoms with Crippen molar-refractivity contribution in [2.45, 2.75) is 38.3 Å². The van der Waals surface area contributed by atoms with Crippen LogP contribution in [0, 0.1) is 0 Å². The summed E-state index contributed by atoms with van der Waals surface area (Å²) < 4.78 is 22.1. The van der Waals surface area contributed by atoms with E-state index in [0.29, 0.717) is 30.5 Å². The summed E-state index contributed by atoms with van der Waals surface area (Å²) in [6, 6.07) is 7.22. The van der Waals surface area contributed by atoms with E-state index in [-0.39, 0.29) is 25.7 Å². The fourth-order valence-corrected chi connectivity index (χ4v) is 4.19. The molecule has 1 saturated heterocycles. The van der Waals surface area contributed by atoms with E-state index in [1.165, 1.54) is 30.6 Å². The predicted octanol–water partition coefficient (Wildman–Crippen LogP) is 2.61. The zero-order chi connectivity index (χ0) is 25.4. The molecule has 3 rings (SSSR count). The molecule has 2 heterocycles. The molecule has 0 bridgehead atoms. The second-order valence-corrected chi connectivity index (χ2v) is 8.06. The van der Waals surface area contributed by atoms with Gasteiger partial charge < -0.3 is 29.2 Å². The second kappa shape index (κ2) is 12.2. The van der Waals surface area contributed by atoms with Crippen LogP contribution in [0.25, 0.3) is 10.9 Å². The summed E-state index contributed by atoms with van der Waals surface area (Å²) in [5.41, 5.74) is 1.26. The van der Waals surface area contributed by atoms with Crippen molar-refractivity contribution in [3.05, 3.63) is 36.0 Å². The molecule has 190 valence electrons. The minimum atomic E-state index is -0.659. The van der Waals surface area contributed by atoms with Gasteiger partial charge in [0.2, 0.25) is 5.91 Å². The highest BCUT2D eigenvalue weighted by molar-refractivity contribution is 5.95. The lowest BCUT2D eigenvalue weighted by Gasteiger charge is -2.23.